The van der Waals surface area contributed by atoms with Crippen LogP contribution < -0.4 is 0 Å². The fourth-order valence-corrected chi connectivity index (χ4v) is 3.94. The second-order valence-corrected chi connectivity index (χ2v) is 7.82. The number of nitrogens with zero attached hydrogens (tertiary/aromatic N) is 4. The van der Waals surface area contributed by atoms with Crippen LogP contribution in [-0.4, -0.2) is 38.7 Å². The number of benzene rings is 1. The fraction of sp³-hybridized carbons (Fsp3) is 0.409. The van der Waals surface area contributed by atoms with Crippen LogP contribution in [0.3, 0.4) is 0 Å². The molecular weight excluding hydrogens is 409 g/mol. The summed E-state index contributed by atoms with van der Waals surface area (Å²) in [5, 5.41) is 4.02. The molecule has 1 aromatic carbocycles. The minimum Gasteiger partial charge on any atom is -0.445 e. The van der Waals surface area contributed by atoms with E-state index in [2.05, 4.69) is 10.1 Å². The Balaban J connectivity index is 1.41. The van der Waals surface area contributed by atoms with E-state index in [0.29, 0.717) is 36.9 Å². The molecule has 1 amide bonds. The highest BCUT2D eigenvalue weighted by Crippen LogP contribution is 2.28. The highest BCUT2D eigenvalue weighted by Gasteiger charge is 2.29. The van der Waals surface area contributed by atoms with Crippen LogP contribution in [0.4, 0.5) is 13.2 Å². The molecule has 0 saturated carbocycles. The number of aryl methyl sites for hydroxylation is 1. The molecule has 1 atom stereocenters. The number of aromatic nitrogens is 3. The van der Waals surface area contributed by atoms with Gasteiger partial charge in [-0.25, -0.2) is 18.2 Å². The summed E-state index contributed by atoms with van der Waals surface area (Å²) in [6.07, 6.45) is 0.939. The lowest BCUT2D eigenvalue weighted by Gasteiger charge is -2.31. The summed E-state index contributed by atoms with van der Waals surface area (Å²) < 4.78 is 46.7. The maximum atomic E-state index is 13.4. The van der Waals surface area contributed by atoms with Crippen LogP contribution in [-0.2, 0) is 17.8 Å². The average molecular weight is 432 g/mol. The smallest absolute Gasteiger partial charge is 0.280 e. The minimum absolute atomic E-state index is 0.0760. The third-order valence-corrected chi connectivity index (χ3v) is 5.40. The van der Waals surface area contributed by atoms with E-state index >= 15 is 0 Å². The zero-order chi connectivity index (χ0) is 22.0. The summed E-state index contributed by atoms with van der Waals surface area (Å²) in [6, 6.07) is 7.60. The Labute approximate surface area is 177 Å². The molecule has 9 heteroatoms. The number of carbonyl (C=O) groups excluding carboxylic acids is 1. The topological polar surface area (TPSA) is 64.2 Å². The van der Waals surface area contributed by atoms with E-state index in [9.17, 15) is 18.0 Å². The van der Waals surface area contributed by atoms with Crippen LogP contribution in [0.2, 0.25) is 0 Å². The molecule has 3 heterocycles. The molecule has 0 N–H and O–H groups in total. The summed E-state index contributed by atoms with van der Waals surface area (Å²) in [7, 11) is 0. The van der Waals surface area contributed by atoms with Gasteiger partial charge in [0, 0.05) is 19.5 Å². The number of rotatable bonds is 6. The second-order valence-electron chi connectivity index (χ2n) is 7.82. The summed E-state index contributed by atoms with van der Waals surface area (Å²) in [5.41, 5.74) is 0.979. The molecule has 6 nitrogen and oxygen atoms in total. The van der Waals surface area contributed by atoms with Gasteiger partial charge in [0.15, 0.2) is 5.89 Å². The molecule has 31 heavy (non-hydrogen) atoms. The summed E-state index contributed by atoms with van der Waals surface area (Å²) in [5.74, 6) is 0.514. The van der Waals surface area contributed by atoms with Crippen LogP contribution in [0.1, 0.15) is 53.8 Å². The number of alkyl halides is 2. The van der Waals surface area contributed by atoms with Gasteiger partial charge in [0.25, 0.3) is 6.43 Å². The van der Waals surface area contributed by atoms with Crippen LogP contribution in [0.5, 0.6) is 0 Å². The van der Waals surface area contributed by atoms with E-state index in [1.807, 2.05) is 6.07 Å². The molecule has 1 aliphatic heterocycles. The maximum Gasteiger partial charge on any atom is 0.280 e. The normalized spacial score (nSPS) is 16.8. The molecule has 4 rings (SSSR count). The number of carbonyl (C=O) groups is 1. The lowest BCUT2D eigenvalue weighted by molar-refractivity contribution is -0.133. The van der Waals surface area contributed by atoms with Gasteiger partial charge in [-0.05, 0) is 43.5 Å². The van der Waals surface area contributed by atoms with E-state index in [1.165, 1.54) is 18.2 Å². The molecule has 1 saturated heterocycles. The van der Waals surface area contributed by atoms with Gasteiger partial charge in [0.1, 0.15) is 23.8 Å². The standard InChI is InChI=1S/C22H23F3N4O2/c1-14-8-19(21(24)25)29(27-14)13-20(30)28-7-3-5-16(12-28)22-26-11-18(31-22)10-15-4-2-6-17(23)9-15/h2,4,6,8-9,11,16,21H,3,5,7,10,12-13H2,1H3/t16-/m0/s1. The van der Waals surface area contributed by atoms with Gasteiger partial charge in [-0.2, -0.15) is 5.10 Å². The minimum atomic E-state index is -2.69. The predicted octanol–water partition coefficient (Wildman–Crippen LogP) is 4.25. The molecule has 2 aromatic heterocycles. The molecule has 164 valence electrons. The zero-order valence-corrected chi connectivity index (χ0v) is 17.1. The Hall–Kier alpha value is -3.10. The first-order valence-electron chi connectivity index (χ1n) is 10.2. The van der Waals surface area contributed by atoms with Crippen molar-refractivity contribution >= 4 is 5.91 Å². The number of amides is 1. The monoisotopic (exact) mass is 432 g/mol. The Kier molecular flexibility index (Phi) is 6.11. The van der Waals surface area contributed by atoms with Gasteiger partial charge in [0.05, 0.1) is 17.8 Å². The third-order valence-electron chi connectivity index (χ3n) is 5.40. The number of hydrogen-bond acceptors (Lipinski definition) is 4. The van der Waals surface area contributed by atoms with Crippen molar-refractivity contribution in [1.29, 1.82) is 0 Å². The molecule has 0 radical (unpaired) electrons. The fourth-order valence-electron chi connectivity index (χ4n) is 3.94. The van der Waals surface area contributed by atoms with Gasteiger partial charge in [-0.15, -0.1) is 0 Å². The van der Waals surface area contributed by atoms with E-state index in [-0.39, 0.29) is 29.9 Å². The first-order valence-corrected chi connectivity index (χ1v) is 10.2. The number of halogens is 3. The Morgan fingerprint density at radius 1 is 1.32 bits per heavy atom. The van der Waals surface area contributed by atoms with Crippen molar-refractivity contribution in [2.45, 2.75) is 45.1 Å². The maximum absolute atomic E-state index is 13.4. The molecule has 1 aliphatic rings. The molecule has 0 aliphatic carbocycles. The van der Waals surface area contributed by atoms with E-state index in [1.54, 1.807) is 24.1 Å². The van der Waals surface area contributed by atoms with Crippen molar-refractivity contribution in [3.63, 3.8) is 0 Å². The molecule has 0 bridgehead atoms. The number of hydrogen-bond donors (Lipinski definition) is 0. The van der Waals surface area contributed by atoms with Crippen LogP contribution >= 0.6 is 0 Å². The quantitative estimate of drug-likeness (QED) is 0.584. The van der Waals surface area contributed by atoms with Gasteiger partial charge >= 0.3 is 0 Å². The summed E-state index contributed by atoms with van der Waals surface area (Å²) in [4.78, 5) is 18.8. The van der Waals surface area contributed by atoms with E-state index in [0.717, 1.165) is 23.1 Å². The third kappa shape index (κ3) is 4.98. The van der Waals surface area contributed by atoms with Crippen LogP contribution in [0.25, 0.3) is 0 Å². The molecule has 0 unspecified atom stereocenters. The van der Waals surface area contributed by atoms with Crippen LogP contribution in [0, 0.1) is 12.7 Å². The molecule has 3 aromatic rings. The van der Waals surface area contributed by atoms with E-state index < -0.39 is 6.43 Å². The lowest BCUT2D eigenvalue weighted by Crippen LogP contribution is -2.41. The van der Waals surface area contributed by atoms with Crippen molar-refractivity contribution in [2.24, 2.45) is 0 Å². The number of piperidine rings is 1. The van der Waals surface area contributed by atoms with Gasteiger partial charge < -0.3 is 9.32 Å². The summed E-state index contributed by atoms with van der Waals surface area (Å²) >= 11 is 0. The van der Waals surface area contributed by atoms with E-state index in [4.69, 9.17) is 4.42 Å². The Bertz CT molecular complexity index is 1060. The Morgan fingerprint density at radius 2 is 2.16 bits per heavy atom. The summed E-state index contributed by atoms with van der Waals surface area (Å²) in [6.45, 7) is 2.35. The van der Waals surface area contributed by atoms with Crippen molar-refractivity contribution < 1.29 is 22.4 Å². The first kappa shape index (κ1) is 21.1. The zero-order valence-electron chi connectivity index (χ0n) is 17.1. The first-order chi connectivity index (χ1) is 14.9. The average Bonchev–Trinajstić information content (AvgIpc) is 3.34. The number of likely N-dealkylation sites (tertiary alicyclic amines) is 1. The molecule has 1 fully saturated rings. The van der Waals surface area contributed by atoms with Crippen LogP contribution in [0.15, 0.2) is 40.9 Å². The molecular formula is C22H23F3N4O2. The lowest BCUT2D eigenvalue weighted by atomic mass is 9.98. The molecule has 0 spiro atoms. The largest absolute Gasteiger partial charge is 0.445 e. The van der Waals surface area contributed by atoms with Crippen molar-refractivity contribution in [3.05, 3.63) is 70.9 Å². The van der Waals surface area contributed by atoms with Gasteiger partial charge in [-0.3, -0.25) is 9.48 Å². The van der Waals surface area contributed by atoms with Gasteiger partial charge in [-0.1, -0.05) is 12.1 Å². The van der Waals surface area contributed by atoms with Gasteiger partial charge in [0.2, 0.25) is 5.91 Å². The second kappa shape index (κ2) is 8.95. The number of oxazole rings is 1. The Morgan fingerprint density at radius 3 is 2.94 bits per heavy atom. The predicted molar refractivity (Wildman–Crippen MR) is 106 cm³/mol. The highest BCUT2D eigenvalue weighted by molar-refractivity contribution is 5.76. The highest BCUT2D eigenvalue weighted by atomic mass is 19.3. The SMILES string of the molecule is Cc1cc(C(F)F)n(CC(=O)N2CCC[C@H](c3ncc(Cc4cccc(F)c4)o3)C2)n1. The van der Waals surface area contributed by atoms with Crippen molar-refractivity contribution in [3.8, 4) is 0 Å². The van der Waals surface area contributed by atoms with Crippen molar-refractivity contribution in [1.82, 2.24) is 19.7 Å². The van der Waals surface area contributed by atoms with Crippen molar-refractivity contribution in [2.75, 3.05) is 13.1 Å².